The maximum Gasteiger partial charge on any atom is 0.460 e. The minimum Gasteiger partial charge on any atom is -0.198 e. The minimum atomic E-state index is -9.89. The van der Waals surface area contributed by atoms with Gasteiger partial charge < -0.3 is 0 Å². The van der Waals surface area contributed by atoms with E-state index in [0.29, 0.717) is 67.3 Å². The summed E-state index contributed by atoms with van der Waals surface area (Å²) in [5, 5.41) is 0. The lowest BCUT2D eigenvalue weighted by molar-refractivity contribution is -0.475. The molecule has 0 radical (unpaired) electrons. The second kappa shape index (κ2) is 24.2. The number of halogens is 34. The standard InChI is InChI=1S/C60H52F34/c1-5-7-9-11-13-15-25-43(26-16-14-12-10-8-6-2)39-27-31(3)17-21-35(39)36-23-19-33(29-40(36)43)34-20-24-38-37-22-18-32(4)28-41(37)44(42(38)30-34,45(61,62)47(65,66)49(69,70)51(73,74)53(77,78)55(81,82)57(85,86)59(89,90)91)46(63,64)48(67,68)50(71,72)52(75,76)54(79,80)56(83,84)58(87,88)60(92,93)94/h17-24,27-30H,5-16,25-26H2,1-4H3. The number of fused-ring (bicyclic) bond motifs is 6. The fourth-order valence-corrected chi connectivity index (χ4v) is 12.2. The molecule has 94 heavy (non-hydrogen) atoms. The van der Waals surface area contributed by atoms with Crippen LogP contribution in [-0.2, 0) is 10.8 Å². The largest absolute Gasteiger partial charge is 0.460 e. The number of aryl methyl sites for hydroxylation is 2. The predicted molar refractivity (Wildman–Crippen MR) is 271 cm³/mol. The smallest absolute Gasteiger partial charge is 0.198 e. The van der Waals surface area contributed by atoms with Crippen LogP contribution < -0.4 is 0 Å². The fourth-order valence-electron chi connectivity index (χ4n) is 12.2. The summed E-state index contributed by atoms with van der Waals surface area (Å²) < 4.78 is 518. The summed E-state index contributed by atoms with van der Waals surface area (Å²) in [5.74, 6) is -134. The highest BCUT2D eigenvalue weighted by Crippen LogP contribution is 2.76. The summed E-state index contributed by atoms with van der Waals surface area (Å²) in [4.78, 5) is 0. The summed E-state index contributed by atoms with van der Waals surface area (Å²) in [6, 6.07) is 7.23. The van der Waals surface area contributed by atoms with Gasteiger partial charge in [-0.1, -0.05) is 163 Å². The molecule has 0 amide bonds. The molecule has 0 saturated carbocycles. The summed E-state index contributed by atoms with van der Waals surface area (Å²) >= 11 is 0. The van der Waals surface area contributed by atoms with E-state index < -0.39 is 157 Å². The molecule has 0 N–H and O–H groups in total. The van der Waals surface area contributed by atoms with E-state index in [1.807, 2.05) is 13.8 Å². The predicted octanol–water partition coefficient (Wildman–Crippen LogP) is 24.0. The molecule has 0 bridgehead atoms. The van der Waals surface area contributed by atoms with Crippen LogP contribution in [0, 0.1) is 13.8 Å². The van der Waals surface area contributed by atoms with Crippen molar-refractivity contribution in [1.29, 1.82) is 0 Å². The minimum absolute atomic E-state index is 0.0322. The third-order valence-electron chi connectivity index (χ3n) is 17.4. The Morgan fingerprint density at radius 3 is 0.809 bits per heavy atom. The molecule has 6 rings (SSSR count). The van der Waals surface area contributed by atoms with E-state index in [2.05, 4.69) is 0 Å². The monoisotopic (exact) mass is 1420 g/mol. The molecule has 34 heteroatoms. The van der Waals surface area contributed by atoms with Crippen molar-refractivity contribution >= 4 is 0 Å². The Morgan fingerprint density at radius 2 is 0.489 bits per heavy atom. The summed E-state index contributed by atoms with van der Waals surface area (Å²) in [6.07, 6.45) is -8.60. The molecule has 0 saturated heterocycles. The van der Waals surface area contributed by atoms with Crippen molar-refractivity contribution in [3.8, 4) is 33.4 Å². The zero-order valence-corrected chi connectivity index (χ0v) is 48.7. The Hall–Kier alpha value is -5.50. The zero-order chi connectivity index (χ0) is 72.3. The Morgan fingerprint density at radius 1 is 0.255 bits per heavy atom. The quantitative estimate of drug-likeness (QED) is 0.0375. The van der Waals surface area contributed by atoms with Crippen molar-refractivity contribution in [1.82, 2.24) is 0 Å². The first-order valence-electron chi connectivity index (χ1n) is 28.2. The van der Waals surface area contributed by atoms with Crippen LogP contribution in [0.2, 0.25) is 0 Å². The number of alkyl halides is 34. The molecule has 0 heterocycles. The van der Waals surface area contributed by atoms with Gasteiger partial charge in [0.15, 0.2) is 5.41 Å². The number of rotatable bonds is 29. The normalized spacial score (nSPS) is 16.5. The Balaban J connectivity index is 1.78. The van der Waals surface area contributed by atoms with Gasteiger partial charge in [-0.25, -0.2) is 0 Å². The average Bonchev–Trinajstić information content (AvgIpc) is 1.25. The van der Waals surface area contributed by atoms with E-state index in [9.17, 15) is 61.5 Å². The van der Waals surface area contributed by atoms with E-state index >= 15 is 87.8 Å². The average molecular weight is 1420 g/mol. The van der Waals surface area contributed by atoms with Gasteiger partial charge in [-0.3, -0.25) is 0 Å². The second-order valence-electron chi connectivity index (χ2n) is 23.5. The van der Waals surface area contributed by atoms with E-state index in [1.54, 1.807) is 25.1 Å². The SMILES string of the molecule is CCCCCCCCC1(CCCCCCCC)c2cc(C)ccc2-c2ccc(-c3ccc4c(c3)C(C(F)(F)C(F)(F)C(F)(F)C(F)(F)C(F)(F)C(F)(F)C(F)(F)C(F)(F)F)(C(F)(F)C(F)(F)C(F)(F)C(F)(F)C(F)(F)C(F)(F)C(F)(F)C(F)(F)F)c3cc(C)ccc3-4)cc21. The van der Waals surface area contributed by atoms with Crippen LogP contribution >= 0.6 is 0 Å². The van der Waals surface area contributed by atoms with Crippen LogP contribution in [-0.4, -0.2) is 95.3 Å². The molecule has 0 spiro atoms. The third kappa shape index (κ3) is 10.6. The first kappa shape index (κ1) is 77.5. The van der Waals surface area contributed by atoms with Gasteiger partial charge in [0.2, 0.25) is 0 Å². The lowest BCUT2D eigenvalue weighted by atomic mass is 9.61. The highest BCUT2D eigenvalue weighted by Gasteiger charge is 3.02. The summed E-state index contributed by atoms with van der Waals surface area (Å²) in [7, 11) is 0. The highest BCUT2D eigenvalue weighted by atomic mass is 19.4. The van der Waals surface area contributed by atoms with E-state index in [-0.39, 0.29) is 43.0 Å². The molecule has 530 valence electrons. The molecule has 2 aliphatic rings. The molecule has 4 aromatic rings. The second-order valence-corrected chi connectivity index (χ2v) is 23.5. The number of benzene rings is 4. The van der Waals surface area contributed by atoms with Gasteiger partial charge in [0.25, 0.3) is 0 Å². The Kier molecular flexibility index (Phi) is 19.9. The van der Waals surface area contributed by atoms with E-state index in [1.165, 1.54) is 0 Å². The van der Waals surface area contributed by atoms with Gasteiger partial charge in [-0.15, -0.1) is 0 Å². The molecule has 0 aliphatic heterocycles. The third-order valence-corrected chi connectivity index (χ3v) is 17.4. The van der Waals surface area contributed by atoms with Crippen molar-refractivity contribution in [2.45, 2.75) is 224 Å². The highest BCUT2D eigenvalue weighted by molar-refractivity contribution is 5.88. The molecular weight excluding hydrogens is 1370 g/mol. The maximum absolute atomic E-state index is 18.0. The van der Waals surface area contributed by atoms with E-state index in [0.717, 1.165) is 56.7 Å². The molecule has 0 unspecified atom stereocenters. The summed E-state index contributed by atoms with van der Waals surface area (Å²) in [5.41, 5.74) is -21.0. The number of hydrogen-bond acceptors (Lipinski definition) is 0. The van der Waals surface area contributed by atoms with Crippen LogP contribution in [0.25, 0.3) is 33.4 Å². The summed E-state index contributed by atoms with van der Waals surface area (Å²) in [6.45, 7) is 5.75. The van der Waals surface area contributed by atoms with Crippen LogP contribution in [0.5, 0.6) is 0 Å². The molecule has 0 atom stereocenters. The first-order chi connectivity index (χ1) is 42.3. The van der Waals surface area contributed by atoms with Gasteiger partial charge in [0.05, 0.1) is 0 Å². The zero-order valence-electron chi connectivity index (χ0n) is 48.7. The molecular formula is C60H52F34. The van der Waals surface area contributed by atoms with E-state index in [4.69, 9.17) is 0 Å². The van der Waals surface area contributed by atoms with Gasteiger partial charge in [0, 0.05) is 5.41 Å². The van der Waals surface area contributed by atoms with Crippen molar-refractivity contribution in [2.24, 2.45) is 0 Å². The molecule has 0 fully saturated rings. The fraction of sp³-hybridized carbons (Fsp3) is 0.600. The maximum atomic E-state index is 18.0. The van der Waals surface area contributed by atoms with Crippen molar-refractivity contribution < 1.29 is 149 Å². The van der Waals surface area contributed by atoms with Crippen LogP contribution in [0.4, 0.5) is 149 Å². The van der Waals surface area contributed by atoms with Crippen LogP contribution in [0.15, 0.2) is 72.8 Å². The van der Waals surface area contributed by atoms with Crippen LogP contribution in [0.3, 0.4) is 0 Å². The first-order valence-corrected chi connectivity index (χ1v) is 28.2. The van der Waals surface area contributed by atoms with Crippen molar-refractivity contribution in [3.05, 3.63) is 106 Å². The lowest BCUT2D eigenvalue weighted by Gasteiger charge is -2.52. The van der Waals surface area contributed by atoms with Crippen LogP contribution in [0.1, 0.15) is 137 Å². The molecule has 4 aromatic carbocycles. The van der Waals surface area contributed by atoms with Gasteiger partial charge in [-0.2, -0.15) is 149 Å². The number of hydrogen-bond donors (Lipinski definition) is 0. The molecule has 0 aromatic heterocycles. The molecule has 2 aliphatic carbocycles. The lowest BCUT2D eigenvalue weighted by Crippen LogP contribution is -2.80. The van der Waals surface area contributed by atoms with Crippen molar-refractivity contribution in [3.63, 3.8) is 0 Å². The van der Waals surface area contributed by atoms with Gasteiger partial charge in [0.1, 0.15) is 0 Å². The van der Waals surface area contributed by atoms with Gasteiger partial charge in [-0.05, 0) is 94.5 Å². The molecule has 0 nitrogen and oxygen atoms in total. The Labute approximate surface area is 511 Å². The van der Waals surface area contributed by atoms with Crippen molar-refractivity contribution in [2.75, 3.05) is 0 Å². The number of unbranched alkanes of at least 4 members (excludes halogenated alkanes) is 10. The Bertz CT molecular complexity index is 3270. The topological polar surface area (TPSA) is 0 Å². The van der Waals surface area contributed by atoms with Gasteiger partial charge >= 0.3 is 95.3 Å².